The molecule has 0 spiro atoms. The number of anilines is 2. The van der Waals surface area contributed by atoms with Crippen LogP contribution in [0.2, 0.25) is 0 Å². The van der Waals surface area contributed by atoms with Crippen molar-refractivity contribution < 1.29 is 4.39 Å². The van der Waals surface area contributed by atoms with E-state index in [-0.39, 0.29) is 5.82 Å². The second-order valence-corrected chi connectivity index (χ2v) is 5.39. The summed E-state index contributed by atoms with van der Waals surface area (Å²) in [5.41, 5.74) is 3.18. The number of pyridine rings is 2. The fourth-order valence-electron chi connectivity index (χ4n) is 2.65. The van der Waals surface area contributed by atoms with E-state index in [1.54, 1.807) is 24.7 Å². The highest BCUT2D eigenvalue weighted by molar-refractivity contribution is 5.83. The molecule has 0 bridgehead atoms. The second-order valence-electron chi connectivity index (χ2n) is 5.39. The van der Waals surface area contributed by atoms with Crippen LogP contribution >= 0.6 is 0 Å². The minimum absolute atomic E-state index is 0.294. The predicted molar refractivity (Wildman–Crippen MR) is 91.6 cm³/mol. The molecule has 0 atom stereocenters. The number of hydrogen-bond donors (Lipinski definition) is 1. The van der Waals surface area contributed by atoms with Crippen LogP contribution in [-0.2, 0) is 0 Å². The molecule has 0 aliphatic carbocycles. The lowest BCUT2D eigenvalue weighted by Crippen LogP contribution is -2.12. The van der Waals surface area contributed by atoms with Crippen LogP contribution in [0.4, 0.5) is 15.9 Å². The van der Waals surface area contributed by atoms with Crippen LogP contribution in [0, 0.1) is 5.82 Å². The lowest BCUT2D eigenvalue weighted by molar-refractivity contribution is 0.629. The Hall–Kier alpha value is -3.28. The number of hydrogen-bond acceptors (Lipinski definition) is 4. The van der Waals surface area contributed by atoms with Gasteiger partial charge in [-0.25, -0.2) is 14.4 Å². The molecule has 0 amide bonds. The molecule has 6 heteroatoms. The Morgan fingerprint density at radius 3 is 2.71 bits per heavy atom. The highest BCUT2D eigenvalue weighted by atomic mass is 19.1. The third-order valence-corrected chi connectivity index (χ3v) is 3.85. The smallest absolute Gasteiger partial charge is 0.143 e. The van der Waals surface area contributed by atoms with E-state index in [1.807, 2.05) is 36.2 Å². The maximum Gasteiger partial charge on any atom is 0.143 e. The summed E-state index contributed by atoms with van der Waals surface area (Å²) in [7, 11) is 1.93. The fraction of sp³-hybridized carbons (Fsp3) is 0.0556. The minimum Gasteiger partial charge on any atom is -0.338 e. The zero-order valence-corrected chi connectivity index (χ0v) is 12.9. The standard InChI is InChI=1S/C18H14FN5/c1-24(13-6-9-20-10-7-13)18-14(3-2-8-21-18)17-22-15-5-4-12(19)11-16(15)23-17/h2-11H,1H3,(H,22,23). The first kappa shape index (κ1) is 14.3. The van der Waals surface area contributed by atoms with Crippen LogP contribution in [-0.4, -0.2) is 27.0 Å². The average Bonchev–Trinajstić information content (AvgIpc) is 3.05. The summed E-state index contributed by atoms with van der Waals surface area (Å²) in [6, 6.07) is 12.1. The van der Waals surface area contributed by atoms with E-state index in [0.717, 1.165) is 17.1 Å². The number of H-pyrrole nitrogens is 1. The van der Waals surface area contributed by atoms with Gasteiger partial charge < -0.3 is 9.88 Å². The molecule has 0 saturated heterocycles. The Bertz CT molecular complexity index is 997. The molecule has 1 aromatic carbocycles. The molecule has 0 saturated carbocycles. The summed E-state index contributed by atoms with van der Waals surface area (Å²) in [4.78, 5) is 18.2. The van der Waals surface area contributed by atoms with E-state index < -0.39 is 0 Å². The molecule has 0 unspecified atom stereocenters. The van der Waals surface area contributed by atoms with Gasteiger partial charge in [0.1, 0.15) is 17.5 Å². The molecule has 1 N–H and O–H groups in total. The molecule has 0 fully saturated rings. The van der Waals surface area contributed by atoms with E-state index >= 15 is 0 Å². The Labute approximate surface area is 137 Å². The van der Waals surface area contributed by atoms with E-state index in [4.69, 9.17) is 0 Å². The Morgan fingerprint density at radius 1 is 1.04 bits per heavy atom. The van der Waals surface area contributed by atoms with Gasteiger partial charge in [-0.15, -0.1) is 0 Å². The highest BCUT2D eigenvalue weighted by Crippen LogP contribution is 2.31. The fourth-order valence-corrected chi connectivity index (χ4v) is 2.65. The molecule has 0 radical (unpaired) electrons. The highest BCUT2D eigenvalue weighted by Gasteiger charge is 2.15. The van der Waals surface area contributed by atoms with Gasteiger partial charge in [-0.1, -0.05) is 0 Å². The van der Waals surface area contributed by atoms with Crippen molar-refractivity contribution in [3.63, 3.8) is 0 Å². The summed E-state index contributed by atoms with van der Waals surface area (Å²) in [6.07, 6.45) is 5.20. The van der Waals surface area contributed by atoms with Crippen molar-refractivity contribution in [2.24, 2.45) is 0 Å². The van der Waals surface area contributed by atoms with E-state index in [9.17, 15) is 4.39 Å². The molecule has 0 aliphatic rings. The van der Waals surface area contributed by atoms with Crippen LogP contribution in [0.15, 0.2) is 61.1 Å². The normalized spacial score (nSPS) is 10.9. The molecule has 118 valence electrons. The van der Waals surface area contributed by atoms with Gasteiger partial charge in [0.05, 0.1) is 16.6 Å². The molecule has 4 rings (SSSR count). The molecule has 3 aromatic heterocycles. The second kappa shape index (κ2) is 5.73. The summed E-state index contributed by atoms with van der Waals surface area (Å²) >= 11 is 0. The topological polar surface area (TPSA) is 57.7 Å². The van der Waals surface area contributed by atoms with Gasteiger partial charge in [-0.05, 0) is 42.5 Å². The van der Waals surface area contributed by atoms with Gasteiger partial charge in [0.15, 0.2) is 0 Å². The van der Waals surface area contributed by atoms with Gasteiger partial charge in [-0.3, -0.25) is 4.98 Å². The van der Waals surface area contributed by atoms with Crippen LogP contribution < -0.4 is 4.90 Å². The van der Waals surface area contributed by atoms with Gasteiger partial charge >= 0.3 is 0 Å². The lowest BCUT2D eigenvalue weighted by Gasteiger charge is -2.20. The number of aromatic nitrogens is 4. The summed E-state index contributed by atoms with van der Waals surface area (Å²) < 4.78 is 13.4. The number of rotatable bonds is 3. The average molecular weight is 319 g/mol. The minimum atomic E-state index is -0.294. The van der Waals surface area contributed by atoms with Crippen molar-refractivity contribution in [1.82, 2.24) is 19.9 Å². The molecular formula is C18H14FN5. The Balaban J connectivity index is 1.83. The summed E-state index contributed by atoms with van der Waals surface area (Å²) in [6.45, 7) is 0. The van der Waals surface area contributed by atoms with Crippen molar-refractivity contribution in [2.75, 3.05) is 11.9 Å². The third kappa shape index (κ3) is 2.48. The first-order chi connectivity index (χ1) is 11.7. The van der Waals surface area contributed by atoms with Crippen molar-refractivity contribution in [3.8, 4) is 11.4 Å². The maximum absolute atomic E-state index is 13.4. The number of fused-ring (bicyclic) bond motifs is 1. The molecule has 0 aliphatic heterocycles. The number of nitrogens with zero attached hydrogens (tertiary/aromatic N) is 4. The molecular weight excluding hydrogens is 305 g/mol. The first-order valence-electron chi connectivity index (χ1n) is 7.47. The van der Waals surface area contributed by atoms with E-state index in [1.165, 1.54) is 12.1 Å². The zero-order valence-electron chi connectivity index (χ0n) is 12.9. The van der Waals surface area contributed by atoms with Gasteiger partial charge in [0, 0.05) is 31.3 Å². The van der Waals surface area contributed by atoms with Crippen molar-refractivity contribution >= 4 is 22.5 Å². The largest absolute Gasteiger partial charge is 0.338 e. The van der Waals surface area contributed by atoms with Crippen LogP contribution in [0.1, 0.15) is 0 Å². The maximum atomic E-state index is 13.4. The van der Waals surface area contributed by atoms with Crippen molar-refractivity contribution in [3.05, 3.63) is 66.9 Å². The van der Waals surface area contributed by atoms with E-state index in [0.29, 0.717) is 16.9 Å². The van der Waals surface area contributed by atoms with Gasteiger partial charge in [-0.2, -0.15) is 0 Å². The molecule has 4 aromatic rings. The van der Waals surface area contributed by atoms with Crippen molar-refractivity contribution in [2.45, 2.75) is 0 Å². The number of imidazole rings is 1. The lowest BCUT2D eigenvalue weighted by atomic mass is 10.2. The van der Waals surface area contributed by atoms with E-state index in [2.05, 4.69) is 19.9 Å². The summed E-state index contributed by atoms with van der Waals surface area (Å²) in [5, 5.41) is 0. The third-order valence-electron chi connectivity index (χ3n) is 3.85. The molecule has 5 nitrogen and oxygen atoms in total. The zero-order chi connectivity index (χ0) is 16.5. The SMILES string of the molecule is CN(c1ccncc1)c1ncccc1-c1nc2ccc(F)cc2[nH]1. The first-order valence-corrected chi connectivity index (χ1v) is 7.47. The Morgan fingerprint density at radius 2 is 1.88 bits per heavy atom. The van der Waals surface area contributed by atoms with Crippen molar-refractivity contribution in [1.29, 1.82) is 0 Å². The van der Waals surface area contributed by atoms with Crippen LogP contribution in [0.5, 0.6) is 0 Å². The molecule has 3 heterocycles. The summed E-state index contributed by atoms with van der Waals surface area (Å²) in [5.74, 6) is 1.11. The number of benzene rings is 1. The predicted octanol–water partition coefficient (Wildman–Crippen LogP) is 3.93. The van der Waals surface area contributed by atoms with Crippen LogP contribution in [0.3, 0.4) is 0 Å². The Kier molecular flexibility index (Phi) is 3.42. The molecule has 24 heavy (non-hydrogen) atoms. The monoisotopic (exact) mass is 319 g/mol. The van der Waals surface area contributed by atoms with Gasteiger partial charge in [0.25, 0.3) is 0 Å². The number of aromatic amines is 1. The van der Waals surface area contributed by atoms with Crippen LogP contribution in [0.25, 0.3) is 22.4 Å². The quantitative estimate of drug-likeness (QED) is 0.621. The number of halogens is 1. The number of nitrogens with one attached hydrogen (secondary N) is 1. The van der Waals surface area contributed by atoms with Gasteiger partial charge in [0.2, 0.25) is 0 Å².